The number of amides is 1. The predicted molar refractivity (Wildman–Crippen MR) is 102 cm³/mol. The molecule has 30 heavy (non-hydrogen) atoms. The largest absolute Gasteiger partial charge is 0.463 e. The molecule has 1 saturated heterocycles. The first-order valence-corrected chi connectivity index (χ1v) is 9.87. The summed E-state index contributed by atoms with van der Waals surface area (Å²) < 4.78 is 32.5. The molecule has 0 bridgehead atoms. The molecule has 0 aliphatic carbocycles. The molecule has 1 rings (SSSR count). The van der Waals surface area contributed by atoms with Crippen LogP contribution in [0.25, 0.3) is 0 Å². The van der Waals surface area contributed by atoms with Crippen molar-refractivity contribution in [3.63, 3.8) is 0 Å². The van der Waals surface area contributed by atoms with Crippen LogP contribution in [0.4, 0.5) is 0 Å². The fourth-order valence-electron chi connectivity index (χ4n) is 3.02. The maximum absolute atomic E-state index is 11.7. The average molecular weight is 435 g/mol. The highest BCUT2D eigenvalue weighted by Crippen LogP contribution is 2.29. The van der Waals surface area contributed by atoms with Crippen LogP contribution in [-0.2, 0) is 42.8 Å². The molecule has 0 radical (unpaired) electrons. The topological polar surface area (TPSA) is 139 Å². The van der Waals surface area contributed by atoms with Crippen molar-refractivity contribution < 1.29 is 47.9 Å². The second kappa shape index (κ2) is 14.3. The predicted octanol–water partition coefficient (Wildman–Crippen LogP) is -0.611. The van der Waals surface area contributed by atoms with Crippen LogP contribution < -0.4 is 5.32 Å². The van der Waals surface area contributed by atoms with Gasteiger partial charge in [-0.1, -0.05) is 6.92 Å². The number of carbonyl (C=O) groups is 3. The Labute approximate surface area is 176 Å². The zero-order chi connectivity index (χ0) is 22.5. The first kappa shape index (κ1) is 26.2. The summed E-state index contributed by atoms with van der Waals surface area (Å²) in [6, 6.07) is -0.590. The van der Waals surface area contributed by atoms with E-state index in [1.54, 1.807) is 6.92 Å². The lowest BCUT2D eigenvalue weighted by atomic mass is 9.88. The van der Waals surface area contributed by atoms with Gasteiger partial charge in [0.15, 0.2) is 6.29 Å². The van der Waals surface area contributed by atoms with Crippen LogP contribution >= 0.6 is 0 Å². The van der Waals surface area contributed by atoms with Gasteiger partial charge in [-0.3, -0.25) is 14.4 Å². The number of aliphatic hydroxyl groups excluding tert-OH is 1. The number of aliphatic hydroxyl groups is 1. The van der Waals surface area contributed by atoms with E-state index in [1.165, 1.54) is 20.8 Å². The SMILES string of the molecule is CC(=O)NC1C(OCCOCCOCCO)OC(COC(C)=O)C(OC(C)=O)C1C. The van der Waals surface area contributed by atoms with Crippen molar-refractivity contribution in [1.82, 2.24) is 5.32 Å². The van der Waals surface area contributed by atoms with Crippen LogP contribution in [0, 0.1) is 5.92 Å². The van der Waals surface area contributed by atoms with Gasteiger partial charge in [-0.25, -0.2) is 0 Å². The van der Waals surface area contributed by atoms with Crippen molar-refractivity contribution in [2.75, 3.05) is 46.2 Å². The summed E-state index contributed by atoms with van der Waals surface area (Å²) >= 11 is 0. The number of hydrogen-bond donors (Lipinski definition) is 2. The Balaban J connectivity index is 2.71. The number of nitrogens with one attached hydrogen (secondary N) is 1. The Morgan fingerprint density at radius 1 is 0.967 bits per heavy atom. The highest BCUT2D eigenvalue weighted by molar-refractivity contribution is 5.73. The third-order valence-electron chi connectivity index (χ3n) is 4.29. The highest BCUT2D eigenvalue weighted by atomic mass is 16.7. The molecular formula is C19H33NO10. The Hall–Kier alpha value is -1.79. The third kappa shape index (κ3) is 9.81. The van der Waals surface area contributed by atoms with E-state index >= 15 is 0 Å². The Kier molecular flexibility index (Phi) is 12.5. The standard InChI is InChI=1S/C19H33NO10/c1-12-17(20-13(2)22)19(27-10-9-26-8-7-25-6-5-21)30-16(11-28-14(3)23)18(12)29-15(4)24/h12,16-19,21H,5-11H2,1-4H3,(H,20,22). The van der Waals surface area contributed by atoms with Gasteiger partial charge in [0, 0.05) is 26.7 Å². The molecule has 0 aromatic heterocycles. The molecule has 0 spiro atoms. The zero-order valence-corrected chi connectivity index (χ0v) is 18.0. The number of hydrogen-bond acceptors (Lipinski definition) is 10. The average Bonchev–Trinajstić information content (AvgIpc) is 2.66. The molecule has 11 heteroatoms. The summed E-state index contributed by atoms with van der Waals surface area (Å²) in [4.78, 5) is 34.4. The van der Waals surface area contributed by atoms with Crippen LogP contribution in [-0.4, -0.2) is 93.7 Å². The van der Waals surface area contributed by atoms with E-state index < -0.39 is 36.5 Å². The van der Waals surface area contributed by atoms with Gasteiger partial charge >= 0.3 is 11.9 Å². The molecule has 174 valence electrons. The molecule has 0 aromatic rings. The molecule has 0 aromatic carbocycles. The lowest BCUT2D eigenvalue weighted by molar-refractivity contribution is -0.264. The lowest BCUT2D eigenvalue weighted by Crippen LogP contribution is -2.62. The first-order chi connectivity index (χ1) is 14.3. The maximum atomic E-state index is 11.7. The molecule has 0 saturated carbocycles. The van der Waals surface area contributed by atoms with Crippen LogP contribution in [0.1, 0.15) is 27.7 Å². The van der Waals surface area contributed by atoms with Crippen molar-refractivity contribution in [3.05, 3.63) is 0 Å². The summed E-state index contributed by atoms with van der Waals surface area (Å²) in [7, 11) is 0. The second-order valence-corrected chi connectivity index (χ2v) is 6.82. The summed E-state index contributed by atoms with van der Waals surface area (Å²) in [6.07, 6.45) is -2.35. The molecule has 5 atom stereocenters. The van der Waals surface area contributed by atoms with Crippen LogP contribution in [0.2, 0.25) is 0 Å². The molecule has 11 nitrogen and oxygen atoms in total. The molecule has 1 aliphatic rings. The fraction of sp³-hybridized carbons (Fsp3) is 0.842. The maximum Gasteiger partial charge on any atom is 0.303 e. The quantitative estimate of drug-likeness (QED) is 0.284. The van der Waals surface area contributed by atoms with E-state index in [0.717, 1.165) is 0 Å². The summed E-state index contributed by atoms with van der Waals surface area (Å²) in [5.41, 5.74) is 0. The van der Waals surface area contributed by atoms with E-state index in [4.69, 9.17) is 33.5 Å². The van der Waals surface area contributed by atoms with Crippen molar-refractivity contribution in [1.29, 1.82) is 0 Å². The Morgan fingerprint density at radius 2 is 1.60 bits per heavy atom. The third-order valence-corrected chi connectivity index (χ3v) is 4.29. The van der Waals surface area contributed by atoms with Crippen molar-refractivity contribution in [3.8, 4) is 0 Å². The van der Waals surface area contributed by atoms with E-state index in [2.05, 4.69) is 5.32 Å². The fourth-order valence-corrected chi connectivity index (χ4v) is 3.02. The molecular weight excluding hydrogens is 402 g/mol. The summed E-state index contributed by atoms with van der Waals surface area (Å²) in [6.45, 7) is 6.89. The van der Waals surface area contributed by atoms with Crippen molar-refractivity contribution >= 4 is 17.8 Å². The van der Waals surface area contributed by atoms with Gasteiger partial charge in [-0.05, 0) is 0 Å². The molecule has 1 heterocycles. The minimum absolute atomic E-state index is 0.0479. The Morgan fingerprint density at radius 3 is 2.17 bits per heavy atom. The molecule has 1 fully saturated rings. The molecule has 1 amide bonds. The van der Waals surface area contributed by atoms with Gasteiger partial charge in [0.2, 0.25) is 5.91 Å². The molecule has 2 N–H and O–H groups in total. The smallest absolute Gasteiger partial charge is 0.303 e. The zero-order valence-electron chi connectivity index (χ0n) is 18.0. The van der Waals surface area contributed by atoms with Gasteiger partial charge in [-0.2, -0.15) is 0 Å². The van der Waals surface area contributed by atoms with E-state index in [-0.39, 0.29) is 44.9 Å². The van der Waals surface area contributed by atoms with Gasteiger partial charge in [0.25, 0.3) is 0 Å². The number of carbonyl (C=O) groups excluding carboxylic acids is 3. The van der Waals surface area contributed by atoms with Gasteiger partial charge in [-0.15, -0.1) is 0 Å². The van der Waals surface area contributed by atoms with Crippen LogP contribution in [0.5, 0.6) is 0 Å². The van der Waals surface area contributed by atoms with Crippen molar-refractivity contribution in [2.24, 2.45) is 5.92 Å². The van der Waals surface area contributed by atoms with E-state index in [1.807, 2.05) is 0 Å². The number of rotatable bonds is 13. The number of esters is 2. The van der Waals surface area contributed by atoms with E-state index in [9.17, 15) is 14.4 Å². The number of ether oxygens (including phenoxy) is 6. The van der Waals surface area contributed by atoms with Crippen LogP contribution in [0.15, 0.2) is 0 Å². The van der Waals surface area contributed by atoms with Gasteiger partial charge in [0.05, 0.1) is 45.7 Å². The van der Waals surface area contributed by atoms with Gasteiger partial charge < -0.3 is 38.8 Å². The van der Waals surface area contributed by atoms with Crippen molar-refractivity contribution in [2.45, 2.75) is 52.2 Å². The summed E-state index contributed by atoms with van der Waals surface area (Å²) in [5.74, 6) is -1.67. The van der Waals surface area contributed by atoms with Crippen LogP contribution in [0.3, 0.4) is 0 Å². The first-order valence-electron chi connectivity index (χ1n) is 9.87. The highest BCUT2D eigenvalue weighted by Gasteiger charge is 2.46. The minimum Gasteiger partial charge on any atom is -0.463 e. The summed E-state index contributed by atoms with van der Waals surface area (Å²) in [5, 5.41) is 11.4. The lowest BCUT2D eigenvalue weighted by Gasteiger charge is -2.44. The normalized spacial score (nSPS) is 26.1. The second-order valence-electron chi connectivity index (χ2n) is 6.82. The molecule has 1 aliphatic heterocycles. The minimum atomic E-state index is -0.856. The van der Waals surface area contributed by atoms with E-state index in [0.29, 0.717) is 13.2 Å². The molecule has 5 unspecified atom stereocenters. The monoisotopic (exact) mass is 435 g/mol. The Bertz CT molecular complexity index is 541. The van der Waals surface area contributed by atoms with Gasteiger partial charge in [0.1, 0.15) is 18.8 Å².